The highest BCUT2D eigenvalue weighted by Gasteiger charge is 2.37. The van der Waals surface area contributed by atoms with Gasteiger partial charge in [0, 0.05) is 6.54 Å². The summed E-state index contributed by atoms with van der Waals surface area (Å²) in [6.45, 7) is 1.28. The largest absolute Gasteiger partial charge is 0.495 e. The molecule has 1 aliphatic heterocycles. The van der Waals surface area contributed by atoms with Crippen LogP contribution in [0.5, 0.6) is 17.2 Å². The van der Waals surface area contributed by atoms with Gasteiger partial charge >= 0.3 is 0 Å². The van der Waals surface area contributed by atoms with E-state index >= 15 is 0 Å². The van der Waals surface area contributed by atoms with Crippen molar-refractivity contribution in [3.63, 3.8) is 0 Å². The Bertz CT molecular complexity index is 1820. The van der Waals surface area contributed by atoms with E-state index in [4.69, 9.17) is 25.8 Å². The van der Waals surface area contributed by atoms with Crippen LogP contribution in [0.4, 0.5) is 11.4 Å². The second-order valence-electron chi connectivity index (χ2n) is 10.3. The lowest BCUT2D eigenvalue weighted by molar-refractivity contribution is -0.128. The molecule has 4 aromatic rings. The van der Waals surface area contributed by atoms with Crippen molar-refractivity contribution in [1.29, 1.82) is 0 Å². The number of anilines is 2. The zero-order valence-electron chi connectivity index (χ0n) is 24.9. The number of carbonyl (C=O) groups excluding carboxylic acids is 2. The van der Waals surface area contributed by atoms with Crippen LogP contribution in [0, 0.1) is 6.92 Å². The molecule has 12 heteroatoms. The molecule has 0 fully saturated rings. The average Bonchev–Trinajstić information content (AvgIpc) is 3.05. The van der Waals surface area contributed by atoms with Gasteiger partial charge in [0.2, 0.25) is 5.91 Å². The minimum absolute atomic E-state index is 0.115. The third-order valence-corrected chi connectivity index (χ3v) is 9.36. The molecule has 1 aliphatic rings. The molecule has 1 heterocycles. The number of benzene rings is 4. The van der Waals surface area contributed by atoms with Gasteiger partial charge in [0.05, 0.1) is 37.2 Å². The molecule has 0 unspecified atom stereocenters. The normalized spacial score (nSPS) is 14.1. The van der Waals surface area contributed by atoms with Crippen LogP contribution in [0.15, 0.2) is 95.9 Å². The Morgan fingerprint density at radius 3 is 2.36 bits per heavy atom. The van der Waals surface area contributed by atoms with Gasteiger partial charge in [-0.25, -0.2) is 8.42 Å². The number of hydrogen-bond donors (Lipinski definition) is 1. The quantitative estimate of drug-likeness (QED) is 0.258. The highest BCUT2D eigenvalue weighted by atomic mass is 35.5. The van der Waals surface area contributed by atoms with Crippen molar-refractivity contribution in [1.82, 2.24) is 5.32 Å². The van der Waals surface area contributed by atoms with E-state index in [0.29, 0.717) is 22.7 Å². The van der Waals surface area contributed by atoms with E-state index in [0.717, 1.165) is 9.87 Å². The van der Waals surface area contributed by atoms with E-state index in [9.17, 15) is 18.0 Å². The molecule has 0 saturated heterocycles. The van der Waals surface area contributed by atoms with Crippen molar-refractivity contribution in [3.8, 4) is 17.2 Å². The Kier molecular flexibility index (Phi) is 9.50. The highest BCUT2D eigenvalue weighted by Crippen LogP contribution is 2.37. The Morgan fingerprint density at radius 1 is 0.956 bits per heavy atom. The average molecular weight is 650 g/mol. The van der Waals surface area contributed by atoms with Crippen LogP contribution in [0.25, 0.3) is 0 Å². The van der Waals surface area contributed by atoms with Gasteiger partial charge in [-0.15, -0.1) is 0 Å². The molecule has 2 amide bonds. The molecular weight excluding hydrogens is 618 g/mol. The fraction of sp³-hybridized carbons (Fsp3) is 0.212. The number of methoxy groups -OCH3 is 2. The van der Waals surface area contributed by atoms with Crippen LogP contribution in [-0.4, -0.2) is 53.6 Å². The van der Waals surface area contributed by atoms with E-state index in [-0.39, 0.29) is 34.4 Å². The summed E-state index contributed by atoms with van der Waals surface area (Å²) in [5.74, 6) is -0.233. The number of rotatable bonds is 10. The lowest BCUT2D eigenvalue weighted by atomic mass is 10.1. The maximum absolute atomic E-state index is 14.3. The zero-order valence-corrected chi connectivity index (χ0v) is 26.5. The third-order valence-electron chi connectivity index (χ3n) is 7.27. The molecule has 234 valence electrons. The number of aryl methyl sites for hydroxylation is 1. The minimum Gasteiger partial charge on any atom is -0.495 e. The van der Waals surface area contributed by atoms with Crippen molar-refractivity contribution < 1.29 is 32.2 Å². The summed E-state index contributed by atoms with van der Waals surface area (Å²) in [5.41, 5.74) is 2.13. The lowest BCUT2D eigenvalue weighted by Crippen LogP contribution is -2.53. The second-order valence-corrected chi connectivity index (χ2v) is 12.5. The standard InChI is InChI=1S/C33H32ClN3O7S/c1-22-13-15-29(43-3)31(17-22)45(40,41)37(24-14-16-27(42-2)25(34)18-24)21-32(38)36-20-30(44-28-12-8-7-11-26(28)36)33(39)35-19-23-9-5-4-6-10-23/h4-18,30H,19-21H2,1-3H3,(H,35,39)/t30-/m1/s1. The monoisotopic (exact) mass is 649 g/mol. The second kappa shape index (κ2) is 13.5. The summed E-state index contributed by atoms with van der Waals surface area (Å²) in [6.07, 6.45) is -1.04. The van der Waals surface area contributed by atoms with Crippen molar-refractivity contribution in [2.24, 2.45) is 0 Å². The SMILES string of the molecule is COc1ccc(N(CC(=O)N2C[C@H](C(=O)NCc3ccccc3)Oc3ccccc32)S(=O)(=O)c2cc(C)ccc2OC)cc1Cl. The maximum Gasteiger partial charge on any atom is 0.268 e. The van der Waals surface area contributed by atoms with Gasteiger partial charge in [0.25, 0.3) is 15.9 Å². The minimum atomic E-state index is -4.39. The smallest absolute Gasteiger partial charge is 0.268 e. The van der Waals surface area contributed by atoms with E-state index in [2.05, 4.69) is 5.32 Å². The molecule has 1 atom stereocenters. The topological polar surface area (TPSA) is 114 Å². The first-order valence-corrected chi connectivity index (χ1v) is 15.8. The van der Waals surface area contributed by atoms with E-state index in [1.54, 1.807) is 43.3 Å². The van der Waals surface area contributed by atoms with Crippen LogP contribution in [0.3, 0.4) is 0 Å². The third kappa shape index (κ3) is 6.84. The fourth-order valence-electron chi connectivity index (χ4n) is 4.94. The molecule has 0 spiro atoms. The Balaban J connectivity index is 1.49. The number of fused-ring (bicyclic) bond motifs is 1. The van der Waals surface area contributed by atoms with Gasteiger partial charge in [0.1, 0.15) is 28.7 Å². The van der Waals surface area contributed by atoms with Crippen molar-refractivity contribution in [2.45, 2.75) is 24.5 Å². The lowest BCUT2D eigenvalue weighted by Gasteiger charge is -2.35. The van der Waals surface area contributed by atoms with Gasteiger partial charge in [0.15, 0.2) is 6.10 Å². The van der Waals surface area contributed by atoms with Gasteiger partial charge in [-0.2, -0.15) is 0 Å². The predicted octanol–water partition coefficient (Wildman–Crippen LogP) is 4.97. The van der Waals surface area contributed by atoms with Gasteiger partial charge < -0.3 is 24.4 Å². The molecule has 0 aromatic heterocycles. The first-order valence-electron chi connectivity index (χ1n) is 14.0. The number of para-hydroxylation sites is 2. The molecule has 0 aliphatic carbocycles. The van der Waals surface area contributed by atoms with Gasteiger partial charge in [-0.1, -0.05) is 60.1 Å². The van der Waals surface area contributed by atoms with Gasteiger partial charge in [-0.3, -0.25) is 13.9 Å². The van der Waals surface area contributed by atoms with E-state index in [1.807, 2.05) is 30.3 Å². The molecule has 1 N–H and O–H groups in total. The molecule has 0 saturated carbocycles. The van der Waals surface area contributed by atoms with Crippen molar-refractivity contribution in [2.75, 3.05) is 36.5 Å². The Morgan fingerprint density at radius 2 is 1.64 bits per heavy atom. The van der Waals surface area contributed by atoms with Crippen LogP contribution >= 0.6 is 11.6 Å². The Labute approximate surface area is 267 Å². The molecule has 0 bridgehead atoms. The molecule has 45 heavy (non-hydrogen) atoms. The number of halogens is 1. The molecular formula is C33H32ClN3O7S. The summed E-state index contributed by atoms with van der Waals surface area (Å²) in [5, 5.41) is 3.02. The molecule has 4 aromatic carbocycles. The van der Waals surface area contributed by atoms with Gasteiger partial charge in [-0.05, 0) is 60.5 Å². The summed E-state index contributed by atoms with van der Waals surface area (Å²) >= 11 is 6.41. The number of sulfonamides is 1. The first kappa shape index (κ1) is 31.7. The number of amides is 2. The molecule has 5 rings (SSSR count). The summed E-state index contributed by atoms with van der Waals surface area (Å²) in [4.78, 5) is 28.6. The Hall–Kier alpha value is -4.74. The first-order chi connectivity index (χ1) is 21.6. The predicted molar refractivity (Wildman–Crippen MR) is 172 cm³/mol. The van der Waals surface area contributed by atoms with Crippen LogP contribution < -0.4 is 28.7 Å². The van der Waals surface area contributed by atoms with Crippen LogP contribution in [-0.2, 0) is 26.2 Å². The molecule has 10 nitrogen and oxygen atoms in total. The number of nitrogens with one attached hydrogen (secondary N) is 1. The summed E-state index contributed by atoms with van der Waals surface area (Å²) in [6, 6.07) is 25.4. The number of hydrogen-bond acceptors (Lipinski definition) is 7. The summed E-state index contributed by atoms with van der Waals surface area (Å²) < 4.78 is 46.2. The number of ether oxygens (including phenoxy) is 3. The van der Waals surface area contributed by atoms with Crippen molar-refractivity contribution >= 4 is 44.8 Å². The molecule has 0 radical (unpaired) electrons. The van der Waals surface area contributed by atoms with Crippen LogP contribution in [0.2, 0.25) is 5.02 Å². The van der Waals surface area contributed by atoms with Crippen LogP contribution in [0.1, 0.15) is 11.1 Å². The fourth-order valence-corrected chi connectivity index (χ4v) is 6.85. The van der Waals surface area contributed by atoms with Crippen molar-refractivity contribution in [3.05, 3.63) is 107 Å². The highest BCUT2D eigenvalue weighted by molar-refractivity contribution is 7.93. The number of nitrogens with zero attached hydrogens (tertiary/aromatic N) is 2. The summed E-state index contributed by atoms with van der Waals surface area (Å²) in [7, 11) is -1.57. The number of carbonyl (C=O) groups is 2. The van der Waals surface area contributed by atoms with E-state index < -0.39 is 34.5 Å². The zero-order chi connectivity index (χ0) is 32.1. The maximum atomic E-state index is 14.3. The van der Waals surface area contributed by atoms with E-state index in [1.165, 1.54) is 43.4 Å².